The summed E-state index contributed by atoms with van der Waals surface area (Å²) in [5, 5.41) is 21.5. The maximum absolute atomic E-state index is 12.7. The summed E-state index contributed by atoms with van der Waals surface area (Å²) < 4.78 is 3.48. The fraction of sp³-hybridized carbons (Fsp3) is 0.438. The van der Waals surface area contributed by atoms with E-state index in [1.54, 1.807) is 22.8 Å². The lowest BCUT2D eigenvalue weighted by molar-refractivity contribution is 0.0710. The van der Waals surface area contributed by atoms with E-state index < -0.39 is 0 Å². The Labute approximate surface area is 143 Å². The van der Waals surface area contributed by atoms with Crippen molar-refractivity contribution in [1.82, 2.24) is 34.3 Å². The number of hydrogen-bond acceptors (Lipinski definition) is 6. The zero-order chi connectivity index (χ0) is 17.4. The van der Waals surface area contributed by atoms with Crippen molar-refractivity contribution < 1.29 is 9.90 Å². The number of likely N-dealkylation sites (tertiary alicyclic amines) is 1. The van der Waals surface area contributed by atoms with E-state index in [2.05, 4.69) is 20.3 Å². The summed E-state index contributed by atoms with van der Waals surface area (Å²) >= 11 is 0. The van der Waals surface area contributed by atoms with Gasteiger partial charge in [0.25, 0.3) is 5.91 Å². The highest BCUT2D eigenvalue weighted by Crippen LogP contribution is 2.27. The first-order chi connectivity index (χ1) is 12.2. The molecule has 130 valence electrons. The van der Waals surface area contributed by atoms with Crippen LogP contribution in [0.2, 0.25) is 0 Å². The van der Waals surface area contributed by atoms with E-state index in [9.17, 15) is 9.90 Å². The lowest BCUT2D eigenvalue weighted by Crippen LogP contribution is -2.38. The number of hydrogen-bond donors (Lipinski definition) is 1. The van der Waals surface area contributed by atoms with Crippen LogP contribution in [0.15, 0.2) is 24.7 Å². The van der Waals surface area contributed by atoms with Crippen LogP contribution in [0.3, 0.4) is 0 Å². The molecule has 0 spiro atoms. The van der Waals surface area contributed by atoms with Crippen LogP contribution in [-0.2, 0) is 13.7 Å². The van der Waals surface area contributed by atoms with Gasteiger partial charge >= 0.3 is 0 Å². The monoisotopic (exact) mass is 341 g/mol. The number of fused-ring (bicyclic) bond motifs is 1. The van der Waals surface area contributed by atoms with Crippen LogP contribution >= 0.6 is 0 Å². The van der Waals surface area contributed by atoms with E-state index >= 15 is 0 Å². The number of carbonyl (C=O) groups is 1. The van der Waals surface area contributed by atoms with Gasteiger partial charge in [-0.3, -0.25) is 4.79 Å². The Hall–Kier alpha value is -2.81. The van der Waals surface area contributed by atoms with Crippen LogP contribution in [0.25, 0.3) is 5.65 Å². The standard InChI is InChI=1S/C16H19N7O2/c1-21-14(9-24)19-20-15(21)11-2-5-22(6-3-11)16(25)12-4-7-23-13(8-12)17-10-18-23/h4,7-8,10-11,24H,2-3,5-6,9H2,1H3. The number of aromatic nitrogens is 6. The second-order valence-corrected chi connectivity index (χ2v) is 6.24. The molecule has 4 heterocycles. The molecule has 0 atom stereocenters. The van der Waals surface area contributed by atoms with E-state index in [0.717, 1.165) is 18.7 Å². The molecule has 1 saturated heterocycles. The fourth-order valence-electron chi connectivity index (χ4n) is 3.34. The van der Waals surface area contributed by atoms with Crippen molar-refractivity contribution in [3.05, 3.63) is 41.9 Å². The van der Waals surface area contributed by atoms with Crippen molar-refractivity contribution in [3.8, 4) is 0 Å². The number of pyridine rings is 1. The van der Waals surface area contributed by atoms with Crippen molar-refractivity contribution in [1.29, 1.82) is 0 Å². The quantitative estimate of drug-likeness (QED) is 0.738. The highest BCUT2D eigenvalue weighted by Gasteiger charge is 2.28. The molecule has 1 fully saturated rings. The maximum atomic E-state index is 12.7. The third-order valence-corrected chi connectivity index (χ3v) is 4.82. The van der Waals surface area contributed by atoms with Crippen LogP contribution in [-0.4, -0.2) is 58.4 Å². The highest BCUT2D eigenvalue weighted by molar-refractivity contribution is 5.95. The summed E-state index contributed by atoms with van der Waals surface area (Å²) in [6.45, 7) is 1.22. The maximum Gasteiger partial charge on any atom is 0.254 e. The third-order valence-electron chi connectivity index (χ3n) is 4.82. The molecular formula is C16H19N7O2. The molecule has 1 N–H and O–H groups in total. The van der Waals surface area contributed by atoms with Crippen molar-refractivity contribution >= 4 is 11.6 Å². The Morgan fingerprint density at radius 1 is 1.32 bits per heavy atom. The Bertz CT molecular complexity index is 908. The molecular weight excluding hydrogens is 322 g/mol. The van der Waals surface area contributed by atoms with Crippen LogP contribution in [0.5, 0.6) is 0 Å². The van der Waals surface area contributed by atoms with Crippen molar-refractivity contribution in [2.24, 2.45) is 7.05 Å². The molecule has 1 amide bonds. The van der Waals surface area contributed by atoms with Gasteiger partial charge in [-0.2, -0.15) is 5.10 Å². The average molecular weight is 341 g/mol. The van der Waals surface area contributed by atoms with Crippen molar-refractivity contribution in [3.63, 3.8) is 0 Å². The minimum atomic E-state index is -0.119. The van der Waals surface area contributed by atoms with Crippen LogP contribution in [0.1, 0.15) is 40.8 Å². The second-order valence-electron chi connectivity index (χ2n) is 6.24. The zero-order valence-corrected chi connectivity index (χ0v) is 13.9. The van der Waals surface area contributed by atoms with Gasteiger partial charge in [0.1, 0.15) is 18.8 Å². The SMILES string of the molecule is Cn1c(CO)nnc1C1CCN(C(=O)c2ccn3ncnc3c2)CC1. The number of aliphatic hydroxyl groups is 1. The summed E-state index contributed by atoms with van der Waals surface area (Å²) in [4.78, 5) is 18.7. The van der Waals surface area contributed by atoms with Crippen molar-refractivity contribution in [2.75, 3.05) is 13.1 Å². The summed E-state index contributed by atoms with van der Waals surface area (Å²) in [5.41, 5.74) is 1.29. The van der Waals surface area contributed by atoms with E-state index in [-0.39, 0.29) is 18.4 Å². The van der Waals surface area contributed by atoms with Gasteiger partial charge in [-0.1, -0.05) is 0 Å². The van der Waals surface area contributed by atoms with Gasteiger partial charge < -0.3 is 14.6 Å². The normalized spacial score (nSPS) is 15.8. The van der Waals surface area contributed by atoms with E-state index in [1.165, 1.54) is 6.33 Å². The Morgan fingerprint density at radius 2 is 2.12 bits per heavy atom. The molecule has 0 radical (unpaired) electrons. The topological polar surface area (TPSA) is 101 Å². The highest BCUT2D eigenvalue weighted by atomic mass is 16.3. The molecule has 0 aromatic carbocycles. The molecule has 1 aliphatic rings. The molecule has 1 aliphatic heterocycles. The zero-order valence-electron chi connectivity index (χ0n) is 13.9. The minimum absolute atomic E-state index is 0.0120. The molecule has 0 bridgehead atoms. The van der Waals surface area contributed by atoms with Gasteiger partial charge in [0.2, 0.25) is 0 Å². The Balaban J connectivity index is 1.45. The van der Waals surface area contributed by atoms with Gasteiger partial charge in [-0.05, 0) is 25.0 Å². The summed E-state index contributed by atoms with van der Waals surface area (Å²) in [5.74, 6) is 1.70. The predicted octanol–water partition coefficient (Wildman–Crippen LogP) is 0.370. The summed E-state index contributed by atoms with van der Waals surface area (Å²) in [7, 11) is 1.87. The molecule has 0 saturated carbocycles. The molecule has 4 rings (SSSR count). The van der Waals surface area contributed by atoms with Crippen LogP contribution < -0.4 is 0 Å². The van der Waals surface area contributed by atoms with E-state index in [0.29, 0.717) is 30.1 Å². The third kappa shape index (κ3) is 2.76. The van der Waals surface area contributed by atoms with Gasteiger partial charge in [0.15, 0.2) is 11.5 Å². The molecule has 3 aromatic rings. The van der Waals surface area contributed by atoms with Gasteiger partial charge in [0, 0.05) is 37.8 Å². The lowest BCUT2D eigenvalue weighted by Gasteiger charge is -2.31. The van der Waals surface area contributed by atoms with Gasteiger partial charge in [0.05, 0.1) is 0 Å². The molecule has 9 heteroatoms. The summed E-state index contributed by atoms with van der Waals surface area (Å²) in [6.07, 6.45) is 4.88. The number of carbonyl (C=O) groups excluding carboxylic acids is 1. The summed E-state index contributed by atoms with van der Waals surface area (Å²) in [6, 6.07) is 3.53. The van der Waals surface area contributed by atoms with Crippen LogP contribution in [0.4, 0.5) is 0 Å². The minimum Gasteiger partial charge on any atom is -0.388 e. The number of rotatable bonds is 3. The van der Waals surface area contributed by atoms with Gasteiger partial charge in [-0.25, -0.2) is 9.50 Å². The first kappa shape index (κ1) is 15.7. The lowest BCUT2D eigenvalue weighted by atomic mass is 9.95. The second kappa shape index (κ2) is 6.25. The predicted molar refractivity (Wildman–Crippen MR) is 87.8 cm³/mol. The number of piperidine rings is 1. The number of nitrogens with zero attached hydrogens (tertiary/aromatic N) is 7. The molecule has 25 heavy (non-hydrogen) atoms. The van der Waals surface area contributed by atoms with Crippen LogP contribution in [0, 0.1) is 0 Å². The molecule has 3 aromatic heterocycles. The largest absolute Gasteiger partial charge is 0.388 e. The average Bonchev–Trinajstić information content (AvgIpc) is 3.26. The Morgan fingerprint density at radius 3 is 2.84 bits per heavy atom. The van der Waals surface area contributed by atoms with E-state index in [4.69, 9.17) is 0 Å². The molecule has 0 unspecified atom stereocenters. The molecule has 9 nitrogen and oxygen atoms in total. The van der Waals surface area contributed by atoms with E-state index in [1.807, 2.05) is 16.5 Å². The smallest absolute Gasteiger partial charge is 0.254 e. The molecule has 0 aliphatic carbocycles. The Kier molecular flexibility index (Phi) is 3.92. The number of amides is 1. The fourth-order valence-corrected chi connectivity index (χ4v) is 3.34. The first-order valence-corrected chi connectivity index (χ1v) is 8.25. The van der Waals surface area contributed by atoms with Crippen molar-refractivity contribution in [2.45, 2.75) is 25.4 Å². The first-order valence-electron chi connectivity index (χ1n) is 8.25. The van der Waals surface area contributed by atoms with Gasteiger partial charge in [-0.15, -0.1) is 10.2 Å². The number of aliphatic hydroxyl groups excluding tert-OH is 1.